The largest absolute Gasteiger partial charge is 0.384 e. The van der Waals surface area contributed by atoms with Gasteiger partial charge in [-0.2, -0.15) is 0 Å². The Kier molecular flexibility index (Phi) is 2.52. The molecule has 2 unspecified atom stereocenters. The second-order valence-electron chi connectivity index (χ2n) is 4.37. The average molecular weight is 209 g/mol. The summed E-state index contributed by atoms with van der Waals surface area (Å²) in [6, 6.07) is 4.60. The van der Waals surface area contributed by atoms with E-state index in [2.05, 4.69) is 0 Å². The summed E-state index contributed by atoms with van der Waals surface area (Å²) in [6.07, 6.45) is 1.78. The third-order valence-electron chi connectivity index (χ3n) is 3.51. The van der Waals surface area contributed by atoms with Crippen LogP contribution in [0.25, 0.3) is 0 Å². The van der Waals surface area contributed by atoms with Gasteiger partial charge < -0.3 is 10.8 Å². The molecule has 3 N–H and O–H groups in total. The Morgan fingerprint density at radius 3 is 3.00 bits per heavy atom. The van der Waals surface area contributed by atoms with Gasteiger partial charge in [-0.3, -0.25) is 0 Å². The third-order valence-corrected chi connectivity index (χ3v) is 3.51. The van der Waals surface area contributed by atoms with E-state index in [0.717, 1.165) is 18.4 Å². The van der Waals surface area contributed by atoms with Crippen molar-refractivity contribution in [1.82, 2.24) is 0 Å². The lowest BCUT2D eigenvalue weighted by molar-refractivity contribution is -0.0193. The van der Waals surface area contributed by atoms with Crippen LogP contribution in [0.5, 0.6) is 0 Å². The van der Waals surface area contributed by atoms with Gasteiger partial charge in [0.1, 0.15) is 11.4 Å². The number of nitrogens with two attached hydrogens (primary N) is 1. The van der Waals surface area contributed by atoms with Gasteiger partial charge in [0, 0.05) is 6.54 Å². The molecule has 1 aliphatic carbocycles. The van der Waals surface area contributed by atoms with Crippen LogP contribution in [0.3, 0.4) is 0 Å². The minimum atomic E-state index is -1.06. The molecule has 0 radical (unpaired) electrons. The molecule has 0 heterocycles. The van der Waals surface area contributed by atoms with E-state index >= 15 is 0 Å². The molecule has 3 heteroatoms. The van der Waals surface area contributed by atoms with Crippen molar-refractivity contribution in [3.8, 4) is 0 Å². The van der Waals surface area contributed by atoms with Crippen LogP contribution in [-0.2, 0) is 12.0 Å². The summed E-state index contributed by atoms with van der Waals surface area (Å²) in [5.74, 6) is -0.230. The molecule has 1 aliphatic rings. The van der Waals surface area contributed by atoms with Crippen molar-refractivity contribution in [3.05, 3.63) is 35.1 Å². The van der Waals surface area contributed by atoms with Crippen LogP contribution in [0, 0.1) is 11.7 Å². The summed E-state index contributed by atoms with van der Waals surface area (Å²) in [6.45, 7) is 2.10. The highest BCUT2D eigenvalue weighted by atomic mass is 19.1. The Morgan fingerprint density at radius 2 is 2.33 bits per heavy atom. The van der Waals surface area contributed by atoms with Crippen molar-refractivity contribution in [2.24, 2.45) is 11.7 Å². The lowest BCUT2D eigenvalue weighted by atomic mass is 9.72. The highest BCUT2D eigenvalue weighted by Crippen LogP contribution is 2.39. The van der Waals surface area contributed by atoms with Gasteiger partial charge in [0.05, 0.1) is 0 Å². The van der Waals surface area contributed by atoms with Gasteiger partial charge in [-0.05, 0) is 42.0 Å². The number of rotatable bonds is 1. The fraction of sp³-hybridized carbons (Fsp3) is 0.500. The third kappa shape index (κ3) is 1.56. The number of aliphatic hydroxyl groups is 1. The summed E-state index contributed by atoms with van der Waals surface area (Å²) in [4.78, 5) is 0. The van der Waals surface area contributed by atoms with Gasteiger partial charge in [-0.25, -0.2) is 4.39 Å². The second kappa shape index (κ2) is 3.58. The fourth-order valence-electron chi connectivity index (χ4n) is 2.36. The number of halogens is 1. The first-order chi connectivity index (χ1) is 7.08. The van der Waals surface area contributed by atoms with Crippen LogP contribution in [0.4, 0.5) is 4.39 Å². The van der Waals surface area contributed by atoms with Gasteiger partial charge in [0.15, 0.2) is 0 Å². The van der Waals surface area contributed by atoms with Crippen LogP contribution in [0.1, 0.15) is 24.5 Å². The quantitative estimate of drug-likeness (QED) is 0.737. The van der Waals surface area contributed by atoms with Crippen molar-refractivity contribution >= 4 is 0 Å². The smallest absolute Gasteiger partial charge is 0.123 e. The summed E-state index contributed by atoms with van der Waals surface area (Å²) in [5, 5.41) is 10.4. The minimum absolute atomic E-state index is 0.0804. The number of aryl methyl sites for hydroxylation is 1. The van der Waals surface area contributed by atoms with Crippen molar-refractivity contribution < 1.29 is 9.50 Å². The summed E-state index contributed by atoms with van der Waals surface area (Å²) in [5.41, 5.74) is 6.25. The van der Waals surface area contributed by atoms with Crippen LogP contribution in [0.2, 0.25) is 0 Å². The van der Waals surface area contributed by atoms with E-state index in [9.17, 15) is 9.50 Å². The van der Waals surface area contributed by atoms with Gasteiger partial charge in [-0.15, -0.1) is 0 Å². The Bertz CT molecular complexity index is 380. The zero-order valence-electron chi connectivity index (χ0n) is 8.83. The molecule has 0 aliphatic heterocycles. The van der Waals surface area contributed by atoms with Crippen LogP contribution in [-0.4, -0.2) is 11.7 Å². The molecule has 0 saturated carbocycles. The predicted octanol–water partition coefficient (Wildman–Crippen LogP) is 1.55. The normalized spacial score (nSPS) is 30.0. The molecule has 1 aromatic carbocycles. The zero-order chi connectivity index (χ0) is 11.1. The van der Waals surface area contributed by atoms with Gasteiger partial charge in [0.25, 0.3) is 0 Å². The lowest BCUT2D eigenvalue weighted by Crippen LogP contribution is -2.44. The van der Waals surface area contributed by atoms with E-state index in [-0.39, 0.29) is 18.3 Å². The highest BCUT2D eigenvalue weighted by molar-refractivity contribution is 5.36. The van der Waals surface area contributed by atoms with Crippen molar-refractivity contribution in [2.45, 2.75) is 25.4 Å². The number of fused-ring (bicyclic) bond motifs is 1. The average Bonchev–Trinajstić information content (AvgIpc) is 2.24. The summed E-state index contributed by atoms with van der Waals surface area (Å²) >= 11 is 0. The molecule has 1 aromatic rings. The first kappa shape index (κ1) is 10.6. The first-order valence-electron chi connectivity index (χ1n) is 5.29. The molecule has 0 bridgehead atoms. The zero-order valence-corrected chi connectivity index (χ0v) is 8.83. The van der Waals surface area contributed by atoms with E-state index in [1.165, 1.54) is 12.1 Å². The molecular weight excluding hydrogens is 193 g/mol. The molecule has 0 aromatic heterocycles. The van der Waals surface area contributed by atoms with E-state index in [0.29, 0.717) is 5.56 Å². The van der Waals surface area contributed by atoms with Gasteiger partial charge in [-0.1, -0.05) is 13.0 Å². The maximum atomic E-state index is 13.1. The lowest BCUT2D eigenvalue weighted by Gasteiger charge is -2.39. The molecule has 2 nitrogen and oxygen atoms in total. The molecule has 15 heavy (non-hydrogen) atoms. The Morgan fingerprint density at radius 1 is 1.60 bits per heavy atom. The van der Waals surface area contributed by atoms with E-state index in [4.69, 9.17) is 5.73 Å². The molecule has 0 spiro atoms. The van der Waals surface area contributed by atoms with Crippen molar-refractivity contribution in [1.29, 1.82) is 0 Å². The molecule has 0 saturated heterocycles. The van der Waals surface area contributed by atoms with Crippen LogP contribution in [0.15, 0.2) is 18.2 Å². The second-order valence-corrected chi connectivity index (χ2v) is 4.37. The standard InChI is InChI=1S/C12H16FNO/c1-8-2-3-9-4-5-10(13)6-11(9)12(8,15)7-14/h4-6,8,15H,2-3,7,14H2,1H3. The monoisotopic (exact) mass is 209 g/mol. The topological polar surface area (TPSA) is 46.2 Å². The Labute approximate surface area is 88.9 Å². The van der Waals surface area contributed by atoms with E-state index in [1.807, 2.05) is 6.92 Å². The number of hydrogen-bond acceptors (Lipinski definition) is 2. The molecule has 82 valence electrons. The molecule has 2 atom stereocenters. The fourth-order valence-corrected chi connectivity index (χ4v) is 2.36. The molecule has 0 fully saturated rings. The first-order valence-corrected chi connectivity index (χ1v) is 5.29. The highest BCUT2D eigenvalue weighted by Gasteiger charge is 2.39. The minimum Gasteiger partial charge on any atom is -0.384 e. The summed E-state index contributed by atoms with van der Waals surface area (Å²) < 4.78 is 13.1. The molecule has 2 rings (SSSR count). The van der Waals surface area contributed by atoms with E-state index < -0.39 is 5.60 Å². The number of benzene rings is 1. The Hall–Kier alpha value is -0.930. The Balaban J connectivity index is 2.56. The summed E-state index contributed by atoms with van der Waals surface area (Å²) in [7, 11) is 0. The van der Waals surface area contributed by atoms with Crippen LogP contribution >= 0.6 is 0 Å². The maximum absolute atomic E-state index is 13.1. The predicted molar refractivity (Wildman–Crippen MR) is 56.8 cm³/mol. The van der Waals surface area contributed by atoms with Gasteiger partial charge in [0.2, 0.25) is 0 Å². The molecule has 0 amide bonds. The van der Waals surface area contributed by atoms with Crippen molar-refractivity contribution in [2.75, 3.05) is 6.54 Å². The van der Waals surface area contributed by atoms with E-state index in [1.54, 1.807) is 6.07 Å². The van der Waals surface area contributed by atoms with Gasteiger partial charge >= 0.3 is 0 Å². The van der Waals surface area contributed by atoms with Crippen LogP contribution < -0.4 is 5.73 Å². The molecular formula is C12H16FNO. The number of hydrogen-bond donors (Lipinski definition) is 2. The van der Waals surface area contributed by atoms with Crippen molar-refractivity contribution in [3.63, 3.8) is 0 Å². The SMILES string of the molecule is CC1CCc2ccc(F)cc2C1(O)CN. The maximum Gasteiger partial charge on any atom is 0.123 e.